The Bertz CT molecular complexity index is 1160. The molecule has 8 nitrogen and oxygen atoms in total. The number of pyridine rings is 1. The molecule has 0 spiro atoms. The van der Waals surface area contributed by atoms with Crippen LogP contribution in [0.1, 0.15) is 36.2 Å². The highest BCUT2D eigenvalue weighted by atomic mass is 16.5. The van der Waals surface area contributed by atoms with Gasteiger partial charge in [0.2, 0.25) is 11.8 Å². The Labute approximate surface area is 187 Å². The van der Waals surface area contributed by atoms with Crippen LogP contribution in [-0.4, -0.2) is 39.8 Å². The minimum atomic E-state index is -0.907. The predicted molar refractivity (Wildman–Crippen MR) is 125 cm³/mol. The van der Waals surface area contributed by atoms with Crippen LogP contribution in [0, 0.1) is 6.92 Å². The molecule has 0 aliphatic carbocycles. The van der Waals surface area contributed by atoms with Gasteiger partial charge in [-0.2, -0.15) is 0 Å². The van der Waals surface area contributed by atoms with Gasteiger partial charge in [-0.25, -0.2) is 15.0 Å². The van der Waals surface area contributed by atoms with Gasteiger partial charge < -0.3 is 25.4 Å². The summed E-state index contributed by atoms with van der Waals surface area (Å²) in [6.45, 7) is 8.66. The van der Waals surface area contributed by atoms with Crippen molar-refractivity contribution in [3.05, 3.63) is 59.0 Å². The quantitative estimate of drug-likeness (QED) is 0.576. The molecule has 2 aliphatic heterocycles. The third-order valence-corrected chi connectivity index (χ3v) is 6.03. The fourth-order valence-electron chi connectivity index (χ4n) is 4.21. The van der Waals surface area contributed by atoms with E-state index in [1.807, 2.05) is 36.7 Å². The van der Waals surface area contributed by atoms with Crippen LogP contribution in [0.4, 0.5) is 23.0 Å². The van der Waals surface area contributed by atoms with Gasteiger partial charge in [-0.15, -0.1) is 0 Å². The molecule has 2 aromatic heterocycles. The first-order chi connectivity index (χ1) is 15.4. The normalized spacial score (nSPS) is 15.3. The van der Waals surface area contributed by atoms with Gasteiger partial charge in [0.15, 0.2) is 0 Å². The van der Waals surface area contributed by atoms with Gasteiger partial charge in [-0.3, -0.25) is 0 Å². The number of hydrogen-bond acceptors (Lipinski definition) is 8. The van der Waals surface area contributed by atoms with Gasteiger partial charge in [-0.1, -0.05) is 12.1 Å². The molecular weight excluding hydrogens is 404 g/mol. The Kier molecular flexibility index (Phi) is 5.09. The Morgan fingerprint density at radius 2 is 2.09 bits per heavy atom. The highest BCUT2D eigenvalue weighted by molar-refractivity contribution is 5.70. The number of ether oxygens (including phenoxy) is 1. The maximum atomic E-state index is 10.3. The van der Waals surface area contributed by atoms with Crippen molar-refractivity contribution in [3.8, 4) is 5.88 Å². The zero-order valence-corrected chi connectivity index (χ0v) is 18.6. The maximum Gasteiger partial charge on any atom is 0.237 e. The number of aromatic nitrogens is 3. The molecule has 0 atom stereocenters. The molecule has 32 heavy (non-hydrogen) atoms. The van der Waals surface area contributed by atoms with Crippen molar-refractivity contribution in [2.45, 2.75) is 39.3 Å². The first-order valence-electron chi connectivity index (χ1n) is 10.9. The Balaban J connectivity index is 1.38. The molecule has 0 saturated carbocycles. The molecule has 0 fully saturated rings. The van der Waals surface area contributed by atoms with E-state index in [4.69, 9.17) is 9.72 Å². The first kappa shape index (κ1) is 20.5. The summed E-state index contributed by atoms with van der Waals surface area (Å²) in [6.07, 6.45) is 4.69. The lowest BCUT2D eigenvalue weighted by molar-refractivity contribution is 0.0786. The topological polar surface area (TPSA) is 95.4 Å². The largest absolute Gasteiger partial charge is 0.474 e. The molecule has 3 N–H and O–H groups in total. The molecule has 0 amide bonds. The van der Waals surface area contributed by atoms with Crippen molar-refractivity contribution in [3.63, 3.8) is 0 Å². The number of rotatable bonds is 4. The van der Waals surface area contributed by atoms with Gasteiger partial charge in [0, 0.05) is 30.5 Å². The molecule has 5 rings (SSSR count). The Morgan fingerprint density at radius 3 is 2.94 bits per heavy atom. The molecule has 0 unspecified atom stereocenters. The zero-order chi connectivity index (χ0) is 22.3. The summed E-state index contributed by atoms with van der Waals surface area (Å²) in [6, 6.07) is 7.69. The second-order valence-corrected chi connectivity index (χ2v) is 8.83. The summed E-state index contributed by atoms with van der Waals surface area (Å²) >= 11 is 0. The van der Waals surface area contributed by atoms with Crippen LogP contribution in [0.15, 0.2) is 36.7 Å². The van der Waals surface area contributed by atoms with Gasteiger partial charge in [0.25, 0.3) is 0 Å². The van der Waals surface area contributed by atoms with Gasteiger partial charge in [-0.05, 0) is 50.5 Å². The van der Waals surface area contributed by atoms with Crippen LogP contribution in [-0.2, 0) is 18.6 Å². The van der Waals surface area contributed by atoms with E-state index >= 15 is 0 Å². The van der Waals surface area contributed by atoms with Crippen molar-refractivity contribution < 1.29 is 9.84 Å². The highest BCUT2D eigenvalue weighted by Crippen LogP contribution is 2.36. The average Bonchev–Trinajstić information content (AvgIpc) is 2.79. The number of nitrogens with one attached hydrogen (secondary N) is 2. The average molecular weight is 433 g/mol. The second-order valence-electron chi connectivity index (χ2n) is 8.83. The number of aliphatic hydroxyl groups is 1. The SMILES string of the molecule is Cc1c(N2CCc3cnc(Nc4cccc(C(C)(C)O)c4)nc3C2)cnc2c1NCCO2. The number of hydrogen-bond donors (Lipinski definition) is 3. The molecule has 8 heteroatoms. The number of anilines is 4. The fraction of sp³-hybridized carbons (Fsp3) is 0.375. The lowest BCUT2D eigenvalue weighted by Gasteiger charge is -2.32. The van der Waals surface area contributed by atoms with Crippen molar-refractivity contribution in [2.24, 2.45) is 0 Å². The summed E-state index contributed by atoms with van der Waals surface area (Å²) in [5.74, 6) is 1.23. The Hall–Kier alpha value is -3.39. The zero-order valence-electron chi connectivity index (χ0n) is 18.6. The van der Waals surface area contributed by atoms with Crippen LogP contribution in [0.25, 0.3) is 0 Å². The van der Waals surface area contributed by atoms with Crippen LogP contribution >= 0.6 is 0 Å². The second kappa shape index (κ2) is 7.94. The number of nitrogens with zero attached hydrogens (tertiary/aromatic N) is 4. The van der Waals surface area contributed by atoms with E-state index in [0.717, 1.165) is 53.4 Å². The van der Waals surface area contributed by atoms with E-state index in [1.54, 1.807) is 13.8 Å². The van der Waals surface area contributed by atoms with Gasteiger partial charge >= 0.3 is 0 Å². The van der Waals surface area contributed by atoms with Crippen LogP contribution in [0.5, 0.6) is 5.88 Å². The minimum absolute atomic E-state index is 0.550. The van der Waals surface area contributed by atoms with Crippen molar-refractivity contribution in [1.29, 1.82) is 0 Å². The summed E-state index contributed by atoms with van der Waals surface area (Å²) < 4.78 is 5.67. The van der Waals surface area contributed by atoms with E-state index < -0.39 is 5.60 Å². The predicted octanol–water partition coefficient (Wildman–Crippen LogP) is 3.52. The van der Waals surface area contributed by atoms with E-state index in [-0.39, 0.29) is 0 Å². The summed E-state index contributed by atoms with van der Waals surface area (Å²) in [4.78, 5) is 16.1. The molecule has 3 aromatic rings. The lowest BCUT2D eigenvalue weighted by atomic mass is 9.98. The van der Waals surface area contributed by atoms with Crippen LogP contribution in [0.2, 0.25) is 0 Å². The third-order valence-electron chi connectivity index (χ3n) is 6.03. The van der Waals surface area contributed by atoms with Crippen LogP contribution < -0.4 is 20.3 Å². The smallest absolute Gasteiger partial charge is 0.237 e. The van der Waals surface area contributed by atoms with Crippen molar-refractivity contribution in [2.75, 3.05) is 35.2 Å². The van der Waals surface area contributed by atoms with Crippen molar-refractivity contribution >= 4 is 23.0 Å². The fourth-order valence-corrected chi connectivity index (χ4v) is 4.21. The number of fused-ring (bicyclic) bond motifs is 2. The van der Waals surface area contributed by atoms with Crippen molar-refractivity contribution in [1.82, 2.24) is 15.0 Å². The molecule has 0 radical (unpaired) electrons. The first-order valence-corrected chi connectivity index (χ1v) is 10.9. The van der Waals surface area contributed by atoms with Gasteiger partial charge in [0.05, 0.1) is 29.7 Å². The molecule has 2 aliphatic rings. The Morgan fingerprint density at radius 1 is 1.22 bits per heavy atom. The molecular formula is C24H28N6O2. The standard InChI is InChI=1S/C24H28N6O2/c1-15-20(13-26-22-21(15)25-8-10-32-22)30-9-7-16-12-27-23(29-19(16)14-30)28-18-6-4-5-17(11-18)24(2,3)31/h4-6,11-13,25,31H,7-10,14H2,1-3H3,(H,27,28,29). The van der Waals surface area contributed by atoms with E-state index in [9.17, 15) is 5.11 Å². The van der Waals surface area contributed by atoms with Crippen LogP contribution in [0.3, 0.4) is 0 Å². The molecule has 0 bridgehead atoms. The highest BCUT2D eigenvalue weighted by Gasteiger charge is 2.24. The summed E-state index contributed by atoms with van der Waals surface area (Å²) in [7, 11) is 0. The summed E-state index contributed by atoms with van der Waals surface area (Å²) in [5, 5.41) is 17.0. The van der Waals surface area contributed by atoms with E-state index in [0.29, 0.717) is 25.0 Å². The third kappa shape index (κ3) is 3.93. The minimum Gasteiger partial charge on any atom is -0.474 e. The molecule has 1 aromatic carbocycles. The number of benzene rings is 1. The molecule has 166 valence electrons. The molecule has 4 heterocycles. The maximum absolute atomic E-state index is 10.3. The van der Waals surface area contributed by atoms with Gasteiger partial charge in [0.1, 0.15) is 12.3 Å². The molecule has 0 saturated heterocycles. The lowest BCUT2D eigenvalue weighted by Crippen LogP contribution is -2.32. The summed E-state index contributed by atoms with van der Waals surface area (Å²) in [5.41, 5.74) is 6.17. The van der Waals surface area contributed by atoms with E-state index in [1.165, 1.54) is 5.56 Å². The van der Waals surface area contributed by atoms with E-state index in [2.05, 4.69) is 32.4 Å². The monoisotopic (exact) mass is 432 g/mol.